The van der Waals surface area contributed by atoms with Gasteiger partial charge in [-0.25, -0.2) is 0 Å². The first-order chi connectivity index (χ1) is 15.3. The molecular weight excluding hydrogens is 414 g/mol. The van der Waals surface area contributed by atoms with Gasteiger partial charge in [-0.2, -0.15) is 0 Å². The van der Waals surface area contributed by atoms with E-state index in [1.165, 1.54) is 18.4 Å². The van der Waals surface area contributed by atoms with Gasteiger partial charge in [0.2, 0.25) is 5.91 Å². The molecule has 0 spiro atoms. The van der Waals surface area contributed by atoms with Crippen LogP contribution in [0.4, 0.5) is 5.69 Å². The summed E-state index contributed by atoms with van der Waals surface area (Å²) in [5.74, 6) is -4.54. The van der Waals surface area contributed by atoms with E-state index in [2.05, 4.69) is 5.32 Å². The minimum absolute atomic E-state index is 0.181. The standard InChI is InChI=1S/C23H21N3O6/c24-18(21(25)28)12-17(23(30)31)20(27)15-5-3-13(4-6-15)14-7-9-16(10-8-14)26-22(29)19-2-1-11-32-19/h1-11,17-18H,12,24H2,(H2,25,28)(H,26,29)(H,30,31)/t17?,18-/m0/s1. The Labute approximate surface area is 183 Å². The number of amides is 2. The van der Waals surface area contributed by atoms with Gasteiger partial charge in [0.1, 0.15) is 5.92 Å². The molecule has 0 fully saturated rings. The van der Waals surface area contributed by atoms with Gasteiger partial charge in [-0.15, -0.1) is 0 Å². The van der Waals surface area contributed by atoms with Crippen molar-refractivity contribution >= 4 is 29.3 Å². The first kappa shape index (κ1) is 22.4. The number of nitrogens with two attached hydrogens (primary N) is 2. The van der Waals surface area contributed by atoms with Gasteiger partial charge in [0.05, 0.1) is 12.3 Å². The average Bonchev–Trinajstić information content (AvgIpc) is 3.32. The van der Waals surface area contributed by atoms with Crippen molar-refractivity contribution in [1.29, 1.82) is 0 Å². The highest BCUT2D eigenvalue weighted by Crippen LogP contribution is 2.24. The number of rotatable bonds is 9. The third-order valence-corrected chi connectivity index (χ3v) is 4.86. The van der Waals surface area contributed by atoms with E-state index >= 15 is 0 Å². The van der Waals surface area contributed by atoms with Crippen molar-refractivity contribution in [2.45, 2.75) is 12.5 Å². The Morgan fingerprint density at radius 3 is 2.03 bits per heavy atom. The second-order valence-corrected chi connectivity index (χ2v) is 7.09. The van der Waals surface area contributed by atoms with Crippen LogP contribution in [0, 0.1) is 5.92 Å². The van der Waals surface area contributed by atoms with Crippen molar-refractivity contribution in [1.82, 2.24) is 0 Å². The lowest BCUT2D eigenvalue weighted by molar-refractivity contribution is -0.140. The first-order valence-corrected chi connectivity index (χ1v) is 9.63. The number of hydrogen-bond acceptors (Lipinski definition) is 6. The monoisotopic (exact) mass is 435 g/mol. The third kappa shape index (κ3) is 5.27. The third-order valence-electron chi connectivity index (χ3n) is 4.86. The van der Waals surface area contributed by atoms with Crippen LogP contribution in [-0.4, -0.2) is 34.7 Å². The highest BCUT2D eigenvalue weighted by atomic mass is 16.4. The van der Waals surface area contributed by atoms with Gasteiger partial charge in [0.15, 0.2) is 11.5 Å². The summed E-state index contributed by atoms with van der Waals surface area (Å²) in [6, 6.07) is 15.4. The molecule has 164 valence electrons. The predicted octanol–water partition coefficient (Wildman–Crippen LogP) is 2.29. The van der Waals surface area contributed by atoms with Gasteiger partial charge in [0, 0.05) is 11.3 Å². The fraction of sp³-hybridized carbons (Fsp3) is 0.130. The molecule has 2 atom stereocenters. The number of primary amides is 1. The van der Waals surface area contributed by atoms with E-state index in [-0.39, 0.29) is 23.7 Å². The number of Topliss-reactive ketones (excluding diaryl/α,β-unsaturated/α-hetero) is 1. The summed E-state index contributed by atoms with van der Waals surface area (Å²) in [6.07, 6.45) is 1.04. The summed E-state index contributed by atoms with van der Waals surface area (Å²) in [6.45, 7) is 0. The van der Waals surface area contributed by atoms with Crippen LogP contribution in [0.15, 0.2) is 71.3 Å². The van der Waals surface area contributed by atoms with Crippen LogP contribution in [0.25, 0.3) is 11.1 Å². The Morgan fingerprint density at radius 1 is 0.938 bits per heavy atom. The topological polar surface area (TPSA) is 166 Å². The zero-order valence-electron chi connectivity index (χ0n) is 16.9. The molecule has 1 unspecified atom stereocenters. The molecular formula is C23H21N3O6. The number of benzene rings is 2. The predicted molar refractivity (Wildman–Crippen MR) is 116 cm³/mol. The maximum Gasteiger partial charge on any atom is 0.314 e. The number of ketones is 1. The molecule has 6 N–H and O–H groups in total. The highest BCUT2D eigenvalue weighted by Gasteiger charge is 2.30. The SMILES string of the molecule is NC(=O)[C@@H](N)CC(C(=O)O)C(=O)c1ccc(-c2ccc(NC(=O)c3ccco3)cc2)cc1. The number of furan rings is 1. The quantitative estimate of drug-likeness (QED) is 0.295. The number of hydrogen-bond donors (Lipinski definition) is 4. The second kappa shape index (κ2) is 9.71. The Kier molecular flexibility index (Phi) is 6.81. The first-order valence-electron chi connectivity index (χ1n) is 9.63. The molecule has 2 aromatic carbocycles. The lowest BCUT2D eigenvalue weighted by atomic mass is 9.90. The van der Waals surface area contributed by atoms with Crippen molar-refractivity contribution in [3.63, 3.8) is 0 Å². The molecule has 9 nitrogen and oxygen atoms in total. The number of carboxylic acids is 1. The van der Waals surface area contributed by atoms with Gasteiger partial charge in [0.25, 0.3) is 5.91 Å². The van der Waals surface area contributed by atoms with Crippen molar-refractivity contribution in [2.24, 2.45) is 17.4 Å². The minimum atomic E-state index is -1.47. The highest BCUT2D eigenvalue weighted by molar-refractivity contribution is 6.08. The summed E-state index contributed by atoms with van der Waals surface area (Å²) < 4.78 is 5.05. The van der Waals surface area contributed by atoms with E-state index in [0.29, 0.717) is 5.69 Å². The molecule has 0 aliphatic rings. The molecule has 2 amide bonds. The normalized spacial score (nSPS) is 12.5. The number of carbonyl (C=O) groups excluding carboxylic acids is 3. The van der Waals surface area contributed by atoms with Gasteiger partial charge in [-0.3, -0.25) is 19.2 Å². The number of carboxylic acid groups (broad SMARTS) is 1. The number of aliphatic carboxylic acids is 1. The Balaban J connectivity index is 1.70. The molecule has 0 radical (unpaired) electrons. The van der Waals surface area contributed by atoms with E-state index in [9.17, 15) is 24.3 Å². The molecule has 0 bridgehead atoms. The van der Waals surface area contributed by atoms with Crippen LogP contribution in [0.2, 0.25) is 0 Å². The number of carbonyl (C=O) groups is 4. The summed E-state index contributed by atoms with van der Waals surface area (Å²) >= 11 is 0. The molecule has 3 rings (SSSR count). The molecule has 32 heavy (non-hydrogen) atoms. The van der Waals surface area contributed by atoms with E-state index in [0.717, 1.165) is 11.1 Å². The Bertz CT molecular complexity index is 1120. The molecule has 0 saturated carbocycles. The van der Waals surface area contributed by atoms with Crippen LogP contribution in [0.3, 0.4) is 0 Å². The van der Waals surface area contributed by atoms with Crippen LogP contribution in [-0.2, 0) is 9.59 Å². The molecule has 9 heteroatoms. The van der Waals surface area contributed by atoms with Gasteiger partial charge < -0.3 is 26.3 Å². The van der Waals surface area contributed by atoms with Gasteiger partial charge >= 0.3 is 5.97 Å². The largest absolute Gasteiger partial charge is 0.481 e. The number of anilines is 1. The average molecular weight is 435 g/mol. The fourth-order valence-electron chi connectivity index (χ4n) is 3.06. The molecule has 0 aliphatic heterocycles. The minimum Gasteiger partial charge on any atom is -0.481 e. The van der Waals surface area contributed by atoms with E-state index in [4.69, 9.17) is 15.9 Å². The van der Waals surface area contributed by atoms with Gasteiger partial charge in [-0.05, 0) is 41.8 Å². The Morgan fingerprint density at radius 2 is 1.53 bits per heavy atom. The van der Waals surface area contributed by atoms with Crippen LogP contribution < -0.4 is 16.8 Å². The van der Waals surface area contributed by atoms with Crippen molar-refractivity contribution < 1.29 is 28.7 Å². The summed E-state index contributed by atoms with van der Waals surface area (Å²) in [7, 11) is 0. The molecule has 0 saturated heterocycles. The fourth-order valence-corrected chi connectivity index (χ4v) is 3.06. The van der Waals surface area contributed by atoms with Crippen molar-refractivity contribution in [2.75, 3.05) is 5.32 Å². The van der Waals surface area contributed by atoms with Crippen molar-refractivity contribution in [3.05, 3.63) is 78.3 Å². The summed E-state index contributed by atoms with van der Waals surface area (Å²) in [5.41, 5.74) is 13.0. The lowest BCUT2D eigenvalue weighted by Crippen LogP contribution is -2.41. The van der Waals surface area contributed by atoms with Crippen LogP contribution >= 0.6 is 0 Å². The van der Waals surface area contributed by atoms with Gasteiger partial charge in [-0.1, -0.05) is 36.4 Å². The lowest BCUT2D eigenvalue weighted by Gasteiger charge is -2.15. The summed E-state index contributed by atoms with van der Waals surface area (Å²) in [4.78, 5) is 47.2. The van der Waals surface area contributed by atoms with E-state index in [1.807, 2.05) is 0 Å². The van der Waals surface area contributed by atoms with Crippen molar-refractivity contribution in [3.8, 4) is 11.1 Å². The smallest absolute Gasteiger partial charge is 0.314 e. The molecule has 1 aromatic heterocycles. The zero-order valence-corrected chi connectivity index (χ0v) is 16.9. The van der Waals surface area contributed by atoms with Crippen LogP contribution in [0.1, 0.15) is 27.3 Å². The van der Waals surface area contributed by atoms with E-state index < -0.39 is 29.6 Å². The van der Waals surface area contributed by atoms with Crippen LogP contribution in [0.5, 0.6) is 0 Å². The number of nitrogens with one attached hydrogen (secondary N) is 1. The maximum absolute atomic E-state index is 12.6. The summed E-state index contributed by atoms with van der Waals surface area (Å²) in [5, 5.41) is 12.1. The zero-order chi connectivity index (χ0) is 23.3. The van der Waals surface area contributed by atoms with E-state index in [1.54, 1.807) is 48.5 Å². The second-order valence-electron chi connectivity index (χ2n) is 7.09. The molecule has 1 heterocycles. The maximum atomic E-state index is 12.6. The Hall–Kier alpha value is -4.24. The molecule has 3 aromatic rings. The molecule has 0 aliphatic carbocycles.